The Bertz CT molecular complexity index is 474. The number of ether oxygens (including phenoxy) is 2. The van der Waals surface area contributed by atoms with Gasteiger partial charge in [-0.05, 0) is 49.9 Å². The molecule has 1 fully saturated rings. The maximum Gasteiger partial charge on any atom is 0.516 e. The van der Waals surface area contributed by atoms with Crippen LogP contribution >= 0.6 is 11.6 Å². The molecular weight excluding hydrogens is 316 g/mol. The largest absolute Gasteiger partial charge is 0.516 e. The summed E-state index contributed by atoms with van der Waals surface area (Å²) >= 11 is 5.45. The highest BCUT2D eigenvalue weighted by Crippen LogP contribution is 2.48. The monoisotopic (exact) mass is 342 g/mol. The summed E-state index contributed by atoms with van der Waals surface area (Å²) in [5.74, 6) is 1.37. The molecule has 0 aromatic carbocycles. The number of carbonyl (C=O) groups is 2. The molecule has 5 heteroatoms. The fourth-order valence-electron chi connectivity index (χ4n) is 4.17. The van der Waals surface area contributed by atoms with Crippen LogP contribution in [0, 0.1) is 29.6 Å². The fourth-order valence-corrected chi connectivity index (χ4v) is 4.25. The van der Waals surface area contributed by atoms with Gasteiger partial charge in [-0.3, -0.25) is 4.79 Å². The minimum Gasteiger partial charge on any atom is -0.433 e. The van der Waals surface area contributed by atoms with Gasteiger partial charge in [-0.2, -0.15) is 0 Å². The fraction of sp³-hybridized carbons (Fsp3) is 0.778. The van der Waals surface area contributed by atoms with Crippen LogP contribution in [0.5, 0.6) is 0 Å². The Labute approximate surface area is 143 Å². The quantitative estimate of drug-likeness (QED) is 0.325. The van der Waals surface area contributed by atoms with Gasteiger partial charge in [0.2, 0.25) is 0 Å². The van der Waals surface area contributed by atoms with Crippen molar-refractivity contribution in [2.24, 2.45) is 29.6 Å². The highest BCUT2D eigenvalue weighted by atomic mass is 35.5. The number of hydrogen-bond acceptors (Lipinski definition) is 4. The number of hydrogen-bond donors (Lipinski definition) is 0. The van der Waals surface area contributed by atoms with Gasteiger partial charge in [0.1, 0.15) is 6.61 Å². The second-order valence-corrected chi connectivity index (χ2v) is 7.39. The molecular formula is C18H27ClO4. The minimum absolute atomic E-state index is 0.0512. The molecule has 130 valence electrons. The molecule has 0 saturated heterocycles. The van der Waals surface area contributed by atoms with Crippen molar-refractivity contribution in [3.8, 4) is 0 Å². The van der Waals surface area contributed by atoms with Crippen molar-refractivity contribution < 1.29 is 19.1 Å². The van der Waals surface area contributed by atoms with E-state index in [9.17, 15) is 9.59 Å². The van der Waals surface area contributed by atoms with Crippen LogP contribution in [0.1, 0.15) is 46.5 Å². The number of halogens is 1. The van der Waals surface area contributed by atoms with Crippen molar-refractivity contribution in [2.75, 3.05) is 12.5 Å². The number of allylic oxidation sites excluding steroid dienone is 2. The number of fused-ring (bicyclic) bond motifs is 1. The zero-order valence-electron chi connectivity index (χ0n) is 14.2. The number of esters is 1. The van der Waals surface area contributed by atoms with Crippen LogP contribution in [0.2, 0.25) is 0 Å². The van der Waals surface area contributed by atoms with Gasteiger partial charge in [0.25, 0.3) is 0 Å². The molecule has 5 atom stereocenters. The summed E-state index contributed by atoms with van der Waals surface area (Å²) < 4.78 is 9.54. The molecule has 0 radical (unpaired) electrons. The first-order valence-electron chi connectivity index (χ1n) is 8.55. The van der Waals surface area contributed by atoms with Gasteiger partial charge >= 0.3 is 12.1 Å². The summed E-state index contributed by atoms with van der Waals surface area (Å²) in [6.45, 7) is 6.40. The zero-order chi connectivity index (χ0) is 17.0. The lowest BCUT2D eigenvalue weighted by Crippen LogP contribution is -2.40. The number of alkyl halides is 1. The van der Waals surface area contributed by atoms with Crippen LogP contribution in [0.3, 0.4) is 0 Å². The van der Waals surface area contributed by atoms with Crippen LogP contribution in [0.4, 0.5) is 4.79 Å². The highest BCUT2D eigenvalue weighted by molar-refractivity contribution is 6.18. The van der Waals surface area contributed by atoms with E-state index in [0.717, 1.165) is 19.3 Å². The normalized spacial score (nSPS) is 31.6. The smallest absolute Gasteiger partial charge is 0.433 e. The maximum absolute atomic E-state index is 12.3. The Morgan fingerprint density at radius 2 is 2.09 bits per heavy atom. The maximum atomic E-state index is 12.3. The van der Waals surface area contributed by atoms with Crippen LogP contribution in [0.15, 0.2) is 11.6 Å². The van der Waals surface area contributed by atoms with E-state index in [0.29, 0.717) is 17.8 Å². The minimum atomic E-state index is -0.946. The Morgan fingerprint density at radius 3 is 2.78 bits per heavy atom. The molecule has 0 spiro atoms. The van der Waals surface area contributed by atoms with Crippen molar-refractivity contribution in [1.29, 1.82) is 0 Å². The summed E-state index contributed by atoms with van der Waals surface area (Å²) in [6.07, 6.45) is 5.89. The zero-order valence-corrected chi connectivity index (χ0v) is 15.0. The lowest BCUT2D eigenvalue weighted by atomic mass is 9.60. The second kappa shape index (κ2) is 8.18. The van der Waals surface area contributed by atoms with Crippen molar-refractivity contribution in [3.63, 3.8) is 0 Å². The van der Waals surface area contributed by atoms with Crippen LogP contribution in [-0.2, 0) is 14.3 Å². The van der Waals surface area contributed by atoms with E-state index < -0.39 is 12.1 Å². The molecule has 2 aliphatic carbocycles. The van der Waals surface area contributed by atoms with E-state index in [1.807, 2.05) is 6.92 Å². The molecule has 2 aliphatic rings. The average molecular weight is 343 g/mol. The van der Waals surface area contributed by atoms with Crippen molar-refractivity contribution in [3.05, 3.63) is 11.6 Å². The Morgan fingerprint density at radius 1 is 1.35 bits per heavy atom. The van der Waals surface area contributed by atoms with Crippen LogP contribution in [0.25, 0.3) is 0 Å². The summed E-state index contributed by atoms with van der Waals surface area (Å²) in [5, 5.41) is 0. The third-order valence-electron chi connectivity index (χ3n) is 5.52. The van der Waals surface area contributed by atoms with Crippen molar-refractivity contribution in [1.82, 2.24) is 0 Å². The predicted octanol–water partition coefficient (Wildman–Crippen LogP) is 4.56. The molecule has 1 saturated carbocycles. The van der Waals surface area contributed by atoms with Crippen LogP contribution in [-0.4, -0.2) is 24.6 Å². The van der Waals surface area contributed by atoms with Gasteiger partial charge in [-0.15, -0.1) is 11.6 Å². The van der Waals surface area contributed by atoms with E-state index in [2.05, 4.69) is 19.9 Å². The number of rotatable bonds is 4. The molecule has 0 heterocycles. The van der Waals surface area contributed by atoms with Crippen LogP contribution < -0.4 is 0 Å². The van der Waals surface area contributed by atoms with Gasteiger partial charge in [0, 0.05) is 0 Å². The molecule has 0 aromatic heterocycles. The number of carbonyl (C=O) groups excluding carboxylic acids is 2. The molecule has 5 unspecified atom stereocenters. The van der Waals surface area contributed by atoms with E-state index in [4.69, 9.17) is 21.1 Å². The Hall–Kier alpha value is -1.03. The molecule has 4 nitrogen and oxygen atoms in total. The average Bonchev–Trinajstić information content (AvgIpc) is 2.52. The first-order valence-corrected chi connectivity index (χ1v) is 9.09. The molecule has 0 amide bonds. The standard InChI is InChI=1S/C18H27ClO4/c1-11-4-6-14-12(2)5-7-15(16(14)10-11)13(3)17(20)23-18(21)22-9-8-19/h10,12-16H,4-9H2,1-3H3. The molecule has 0 aliphatic heterocycles. The third kappa shape index (κ3) is 4.50. The van der Waals surface area contributed by atoms with Crippen molar-refractivity contribution >= 4 is 23.7 Å². The van der Waals surface area contributed by atoms with E-state index in [1.54, 1.807) is 0 Å². The van der Waals surface area contributed by atoms with Gasteiger partial charge in [-0.1, -0.05) is 31.9 Å². The third-order valence-corrected chi connectivity index (χ3v) is 5.67. The Balaban J connectivity index is 2.02. The molecule has 0 bridgehead atoms. The van der Waals surface area contributed by atoms with E-state index >= 15 is 0 Å². The molecule has 0 aromatic rings. The van der Waals surface area contributed by atoms with Gasteiger partial charge in [0.15, 0.2) is 0 Å². The Kier molecular flexibility index (Phi) is 6.51. The van der Waals surface area contributed by atoms with Gasteiger partial charge < -0.3 is 9.47 Å². The summed E-state index contributed by atoms with van der Waals surface area (Å²) in [6, 6.07) is 0. The van der Waals surface area contributed by atoms with Gasteiger partial charge in [-0.25, -0.2) is 4.79 Å². The summed E-state index contributed by atoms with van der Waals surface area (Å²) in [5.41, 5.74) is 1.41. The lowest BCUT2D eigenvalue weighted by molar-refractivity contribution is -0.147. The second-order valence-electron chi connectivity index (χ2n) is 7.01. The SMILES string of the molecule is CC1=CC2C(CC1)C(C)CCC2C(C)C(=O)OC(=O)OCCCl. The predicted molar refractivity (Wildman–Crippen MR) is 89.2 cm³/mol. The van der Waals surface area contributed by atoms with Gasteiger partial charge in [0.05, 0.1) is 11.8 Å². The first-order chi connectivity index (χ1) is 10.9. The summed E-state index contributed by atoms with van der Waals surface area (Å²) in [7, 11) is 0. The summed E-state index contributed by atoms with van der Waals surface area (Å²) in [4.78, 5) is 23.7. The molecule has 2 rings (SSSR count). The first kappa shape index (κ1) is 18.3. The molecule has 0 N–H and O–H groups in total. The highest BCUT2D eigenvalue weighted by Gasteiger charge is 2.42. The molecule has 23 heavy (non-hydrogen) atoms. The lowest BCUT2D eigenvalue weighted by Gasteiger charge is -2.45. The van der Waals surface area contributed by atoms with Crippen molar-refractivity contribution in [2.45, 2.75) is 46.5 Å². The van der Waals surface area contributed by atoms with E-state index in [1.165, 1.54) is 12.0 Å². The van der Waals surface area contributed by atoms with E-state index in [-0.39, 0.29) is 24.3 Å². The topological polar surface area (TPSA) is 52.6 Å².